The molecule has 4 aliphatic rings. The third-order valence-corrected chi connectivity index (χ3v) is 8.25. The fraction of sp³-hybridized carbons (Fsp3) is 1.00. The van der Waals surface area contributed by atoms with Crippen LogP contribution in [0.4, 0.5) is 0 Å². The molecule has 73 heavy (non-hydrogen) atoms. The monoisotopic (exact) mass is 1090 g/mol. The van der Waals surface area contributed by atoms with Crippen molar-refractivity contribution in [3.05, 3.63) is 0 Å². The lowest BCUT2D eigenvalue weighted by Crippen LogP contribution is -2.30. The van der Waals surface area contributed by atoms with E-state index < -0.39 is 0 Å². The Bertz CT molecular complexity index is 767. The Balaban J connectivity index is -0.000000122. The van der Waals surface area contributed by atoms with Crippen LogP contribution in [0.3, 0.4) is 0 Å². The summed E-state index contributed by atoms with van der Waals surface area (Å²) >= 11 is 0. The summed E-state index contributed by atoms with van der Waals surface area (Å²) < 4.78 is 102. The maximum atomic E-state index is 6.02. The molecule has 0 aromatic rings. The van der Waals surface area contributed by atoms with Gasteiger partial charge in [0.05, 0.1) is 172 Å². The molecule has 4 aliphatic heterocycles. The number of ether oxygens (including phenoxy) is 18. The van der Waals surface area contributed by atoms with Crippen molar-refractivity contribution in [2.45, 2.75) is 204 Å². The van der Waals surface area contributed by atoms with Crippen molar-refractivity contribution in [2.24, 2.45) is 0 Å². The van der Waals surface area contributed by atoms with Crippen molar-refractivity contribution < 1.29 is 85.3 Å². The second-order valence-corrected chi connectivity index (χ2v) is 12.6. The molecule has 0 amide bonds. The first-order valence-corrected chi connectivity index (χ1v) is 19.6. The summed E-state index contributed by atoms with van der Waals surface area (Å²) in [5.74, 6) is 0. The normalized spacial score (nSPS) is 15.0. The van der Waals surface area contributed by atoms with Gasteiger partial charge in [-0.3, -0.25) is 0 Å². The third kappa shape index (κ3) is 62.0. The summed E-state index contributed by atoms with van der Waals surface area (Å²) in [5.41, 5.74) is 0. The molecule has 18 heteroatoms. The van der Waals surface area contributed by atoms with E-state index in [1.165, 1.54) is 0 Å². The number of rotatable bonds is 37. The van der Waals surface area contributed by atoms with Gasteiger partial charge in [-0.2, -0.15) is 0 Å². The van der Waals surface area contributed by atoms with Crippen LogP contribution in [0.1, 0.15) is 167 Å². The smallest absolute Gasteiger partial charge is 0.160 e. The van der Waals surface area contributed by atoms with Gasteiger partial charge in [0.15, 0.2) is 25.2 Å². The lowest BCUT2D eigenvalue weighted by atomic mass is 10.4. The minimum Gasteiger partial charge on any atom is -0.379 e. The van der Waals surface area contributed by atoms with E-state index in [9.17, 15) is 0 Å². The van der Waals surface area contributed by atoms with Crippen LogP contribution in [-0.4, -0.2) is 209 Å². The minimum atomic E-state index is -0.285. The summed E-state index contributed by atoms with van der Waals surface area (Å²) in [4.78, 5) is 0. The summed E-state index contributed by atoms with van der Waals surface area (Å²) in [6, 6.07) is 0. The van der Waals surface area contributed by atoms with Gasteiger partial charge >= 0.3 is 0 Å². The fourth-order valence-corrected chi connectivity index (χ4v) is 5.47. The first-order chi connectivity index (χ1) is 26.8. The highest BCUT2D eigenvalue weighted by atomic mass is 16.7. The predicted molar refractivity (Wildman–Crippen MR) is 315 cm³/mol. The topological polar surface area (TPSA) is 166 Å². The zero-order valence-electron chi connectivity index (χ0n) is 32.0. The third-order valence-electron chi connectivity index (χ3n) is 8.25. The van der Waals surface area contributed by atoms with Crippen LogP contribution in [0.25, 0.3) is 0 Å². The van der Waals surface area contributed by atoms with E-state index >= 15 is 0 Å². The zero-order valence-corrected chi connectivity index (χ0v) is 32.0. The van der Waals surface area contributed by atoms with E-state index in [2.05, 4.69) is 0 Å². The van der Waals surface area contributed by atoms with Crippen LogP contribution in [0.5, 0.6) is 0 Å². The second-order valence-electron chi connectivity index (χ2n) is 12.6. The largest absolute Gasteiger partial charge is 0.379 e. The van der Waals surface area contributed by atoms with E-state index in [0.29, 0.717) is 197 Å². The summed E-state index contributed by atoms with van der Waals surface area (Å²) in [6.45, 7) is 12.8. The van der Waals surface area contributed by atoms with Crippen LogP contribution < -0.4 is 0 Å². The number of hydrogen-bond donors (Lipinski definition) is 0. The van der Waals surface area contributed by atoms with Gasteiger partial charge in [0.25, 0.3) is 0 Å². The summed E-state index contributed by atoms with van der Waals surface area (Å²) in [6.07, 6.45) is 1.49. The molecule has 0 aromatic carbocycles. The average Bonchev–Trinajstić information content (AvgIpc) is 4.04. The van der Waals surface area contributed by atoms with Crippen molar-refractivity contribution in [3.8, 4) is 0 Å². The zero-order chi connectivity index (χ0) is 37.4. The maximum absolute atomic E-state index is 6.02. The van der Waals surface area contributed by atoms with Crippen molar-refractivity contribution >= 4 is 0 Å². The molecule has 2 atom stereocenters. The standard InChI is InChI=1S/C36H66O18.19CH4/c1(33-47-19-20-48-33)5-37-9-11-41-27-31(45-17-15-39-7-3-35-51-23-24-52-35)29-43-13-14-44-30-32(46-18-16-40-8-4-36-53-25-26-54-36)28-42-12-10-38-6-2-34-49-21-22-50-34;;;;;;;;;;;;;;;;;;;/h31-36H,1-30H2;19*1H4. The van der Waals surface area contributed by atoms with Crippen LogP contribution in [-0.2, 0) is 85.3 Å². The van der Waals surface area contributed by atoms with Gasteiger partial charge in [-0.25, -0.2) is 0 Å². The molecule has 0 spiro atoms. The lowest BCUT2D eigenvalue weighted by Gasteiger charge is -2.20. The molecule has 18 nitrogen and oxygen atoms in total. The van der Waals surface area contributed by atoms with E-state index in [-0.39, 0.29) is 178 Å². The summed E-state index contributed by atoms with van der Waals surface area (Å²) in [7, 11) is 0. The molecule has 4 saturated heterocycles. The SMILES string of the molecule is C.C.C.C.C.C.C.C.C.C.C.C.C.C.C.C.C.C.C.C(COCC(COCCOCC(COCCOCCC1OCCO1)OCCOCCC1OCCO1)OCCOCCC1OCCO1)OCCC1OCCO1. The molecular weight excluding hydrogens is 949 g/mol. The van der Waals surface area contributed by atoms with Gasteiger partial charge in [-0.05, 0) is 0 Å². The van der Waals surface area contributed by atoms with E-state index in [1.807, 2.05) is 0 Å². The first kappa shape index (κ1) is 116. The molecule has 0 bridgehead atoms. The Morgan fingerprint density at radius 3 is 0.575 bits per heavy atom. The minimum absolute atomic E-state index is 0. The Hall–Kier alpha value is -0.720. The van der Waals surface area contributed by atoms with Crippen molar-refractivity contribution in [3.63, 3.8) is 0 Å². The van der Waals surface area contributed by atoms with Gasteiger partial charge in [-0.15, -0.1) is 0 Å². The Labute approximate surface area is 460 Å². The molecule has 2 unspecified atom stereocenters. The first-order valence-electron chi connectivity index (χ1n) is 19.6. The van der Waals surface area contributed by atoms with E-state index in [4.69, 9.17) is 85.3 Å². The van der Waals surface area contributed by atoms with Gasteiger partial charge in [0.2, 0.25) is 0 Å². The highest BCUT2D eigenvalue weighted by Gasteiger charge is 2.19. The molecule has 0 aliphatic carbocycles. The van der Waals surface area contributed by atoms with Crippen LogP contribution in [0.2, 0.25) is 0 Å². The van der Waals surface area contributed by atoms with E-state index in [0.717, 1.165) is 0 Å². The van der Waals surface area contributed by atoms with E-state index in [1.54, 1.807) is 0 Å². The predicted octanol–water partition coefficient (Wildman–Crippen LogP) is 13.0. The number of hydrogen-bond acceptors (Lipinski definition) is 18. The van der Waals surface area contributed by atoms with Crippen molar-refractivity contribution in [2.75, 3.05) is 172 Å². The molecular formula is C55H142O18. The molecule has 4 heterocycles. The lowest BCUT2D eigenvalue weighted by molar-refractivity contribution is -0.102. The fourth-order valence-electron chi connectivity index (χ4n) is 5.47. The molecule has 0 radical (unpaired) electrons. The molecule has 4 rings (SSSR count). The van der Waals surface area contributed by atoms with Gasteiger partial charge in [0.1, 0.15) is 12.2 Å². The van der Waals surface area contributed by atoms with Crippen LogP contribution in [0, 0.1) is 0 Å². The second kappa shape index (κ2) is 82.6. The van der Waals surface area contributed by atoms with Crippen molar-refractivity contribution in [1.29, 1.82) is 0 Å². The summed E-state index contributed by atoms with van der Waals surface area (Å²) in [5, 5.41) is 0. The Morgan fingerprint density at radius 1 is 0.219 bits per heavy atom. The quantitative estimate of drug-likeness (QED) is 0.0539. The maximum Gasteiger partial charge on any atom is 0.160 e. The molecule has 0 N–H and O–H groups in total. The molecule has 0 aromatic heterocycles. The Kier molecular flexibility index (Phi) is 131. The highest BCUT2D eigenvalue weighted by molar-refractivity contribution is 4.59. The van der Waals surface area contributed by atoms with Gasteiger partial charge < -0.3 is 85.3 Å². The highest BCUT2D eigenvalue weighted by Crippen LogP contribution is 2.10. The van der Waals surface area contributed by atoms with Gasteiger partial charge in [0, 0.05) is 25.7 Å². The van der Waals surface area contributed by atoms with Gasteiger partial charge in [-0.1, -0.05) is 141 Å². The molecule has 470 valence electrons. The van der Waals surface area contributed by atoms with Crippen LogP contribution >= 0.6 is 0 Å². The Morgan fingerprint density at radius 2 is 0.384 bits per heavy atom. The molecule has 0 saturated carbocycles. The molecule has 4 fully saturated rings. The van der Waals surface area contributed by atoms with Crippen molar-refractivity contribution in [1.82, 2.24) is 0 Å². The average molecular weight is 1090 g/mol. The van der Waals surface area contributed by atoms with Crippen LogP contribution in [0.15, 0.2) is 0 Å².